The summed E-state index contributed by atoms with van der Waals surface area (Å²) in [6.07, 6.45) is 4.26. The van der Waals surface area contributed by atoms with E-state index in [1.54, 1.807) is 0 Å². The van der Waals surface area contributed by atoms with Gasteiger partial charge in [-0.1, -0.05) is 72.3 Å². The van der Waals surface area contributed by atoms with Gasteiger partial charge in [0.15, 0.2) is 0 Å². The van der Waals surface area contributed by atoms with Crippen LogP contribution in [0.25, 0.3) is 12.2 Å². The molecule has 0 aliphatic heterocycles. The minimum atomic E-state index is 1.10. The van der Waals surface area contributed by atoms with Crippen LogP contribution in [-0.4, -0.2) is 0 Å². The normalized spacial score (nSPS) is 10.8. The molecule has 108 valence electrons. The Balaban J connectivity index is 1.67. The molecule has 0 atom stereocenters. The fourth-order valence-electron chi connectivity index (χ4n) is 2.24. The van der Waals surface area contributed by atoms with Gasteiger partial charge in [0.25, 0.3) is 0 Å². The molecule has 0 radical (unpaired) electrons. The van der Waals surface area contributed by atoms with E-state index in [-0.39, 0.29) is 0 Å². The van der Waals surface area contributed by atoms with Gasteiger partial charge in [-0.3, -0.25) is 0 Å². The van der Waals surface area contributed by atoms with Crippen molar-refractivity contribution >= 4 is 23.5 Å². The summed E-state index contributed by atoms with van der Waals surface area (Å²) >= 11 is 0. The maximum atomic E-state index is 3.41. The molecule has 22 heavy (non-hydrogen) atoms. The number of hydrogen-bond acceptors (Lipinski definition) is 1. The largest absolute Gasteiger partial charge is 0.356 e. The van der Waals surface area contributed by atoms with E-state index in [9.17, 15) is 0 Å². The second-order valence-electron chi connectivity index (χ2n) is 5.36. The van der Waals surface area contributed by atoms with Crippen LogP contribution in [0.2, 0.25) is 0 Å². The van der Waals surface area contributed by atoms with Gasteiger partial charge in [-0.25, -0.2) is 0 Å². The average molecular weight is 285 g/mol. The van der Waals surface area contributed by atoms with Gasteiger partial charge in [-0.15, -0.1) is 0 Å². The van der Waals surface area contributed by atoms with Crippen LogP contribution < -0.4 is 5.32 Å². The van der Waals surface area contributed by atoms with Gasteiger partial charge in [0.1, 0.15) is 0 Å². The average Bonchev–Trinajstić information content (AvgIpc) is 2.57. The van der Waals surface area contributed by atoms with Crippen molar-refractivity contribution < 1.29 is 0 Å². The molecule has 0 spiro atoms. The molecule has 1 N–H and O–H groups in total. The molecule has 0 aliphatic rings. The molecule has 0 aliphatic carbocycles. The van der Waals surface area contributed by atoms with Crippen molar-refractivity contribution in [3.8, 4) is 0 Å². The van der Waals surface area contributed by atoms with Gasteiger partial charge in [0, 0.05) is 11.4 Å². The van der Waals surface area contributed by atoms with E-state index in [1.165, 1.54) is 16.7 Å². The van der Waals surface area contributed by atoms with Crippen LogP contribution in [0.5, 0.6) is 0 Å². The second-order valence-corrected chi connectivity index (χ2v) is 5.36. The van der Waals surface area contributed by atoms with Crippen molar-refractivity contribution in [1.29, 1.82) is 0 Å². The van der Waals surface area contributed by atoms with Crippen LogP contribution in [-0.2, 0) is 0 Å². The van der Waals surface area contributed by atoms with E-state index in [4.69, 9.17) is 0 Å². The highest BCUT2D eigenvalue weighted by Crippen LogP contribution is 2.18. The molecule has 1 nitrogen and oxygen atoms in total. The van der Waals surface area contributed by atoms with E-state index in [2.05, 4.69) is 85.1 Å². The molecule has 0 bridgehead atoms. The summed E-state index contributed by atoms with van der Waals surface area (Å²) in [5.41, 5.74) is 5.88. The number of nitrogens with one attached hydrogen (secondary N) is 1. The second kappa shape index (κ2) is 6.77. The fourth-order valence-corrected chi connectivity index (χ4v) is 2.24. The van der Waals surface area contributed by atoms with Crippen LogP contribution in [0, 0.1) is 6.92 Å². The van der Waals surface area contributed by atoms with Crippen molar-refractivity contribution in [2.24, 2.45) is 0 Å². The molecule has 0 amide bonds. The molecule has 0 saturated carbocycles. The van der Waals surface area contributed by atoms with Crippen LogP contribution in [0.3, 0.4) is 0 Å². The lowest BCUT2D eigenvalue weighted by atomic mass is 10.1. The summed E-state index contributed by atoms with van der Waals surface area (Å²) in [5, 5.41) is 3.41. The van der Waals surface area contributed by atoms with Gasteiger partial charge in [-0.2, -0.15) is 0 Å². The highest BCUT2D eigenvalue weighted by Gasteiger charge is 1.95. The molecule has 3 rings (SSSR count). The summed E-state index contributed by atoms with van der Waals surface area (Å²) in [6.45, 7) is 2.09. The Labute approximate surface area is 132 Å². The van der Waals surface area contributed by atoms with Crippen molar-refractivity contribution in [1.82, 2.24) is 0 Å². The minimum Gasteiger partial charge on any atom is -0.356 e. The van der Waals surface area contributed by atoms with E-state index >= 15 is 0 Å². The SMILES string of the molecule is Cc1ccc(Nc2ccc(C=Cc3ccccc3)cc2)cc1. The third-order valence-corrected chi connectivity index (χ3v) is 3.52. The van der Waals surface area contributed by atoms with E-state index in [1.807, 2.05) is 18.2 Å². The molecular weight excluding hydrogens is 266 g/mol. The Bertz CT molecular complexity index is 738. The molecule has 3 aromatic rings. The van der Waals surface area contributed by atoms with Gasteiger partial charge in [-0.05, 0) is 42.3 Å². The predicted octanol–water partition coefficient (Wildman–Crippen LogP) is 5.91. The number of rotatable bonds is 4. The first-order valence-corrected chi connectivity index (χ1v) is 7.46. The first-order valence-electron chi connectivity index (χ1n) is 7.46. The molecule has 1 heteroatoms. The van der Waals surface area contributed by atoms with Crippen LogP contribution >= 0.6 is 0 Å². The first kappa shape index (κ1) is 14.2. The van der Waals surface area contributed by atoms with Gasteiger partial charge >= 0.3 is 0 Å². The Morgan fingerprint density at radius 3 is 1.68 bits per heavy atom. The zero-order valence-corrected chi connectivity index (χ0v) is 12.7. The minimum absolute atomic E-state index is 1.10. The van der Waals surface area contributed by atoms with Crippen molar-refractivity contribution in [2.45, 2.75) is 6.92 Å². The highest BCUT2D eigenvalue weighted by atomic mass is 14.9. The molecular formula is C21H19N. The Kier molecular flexibility index (Phi) is 4.35. The molecule has 0 fully saturated rings. The van der Waals surface area contributed by atoms with Crippen molar-refractivity contribution in [3.63, 3.8) is 0 Å². The van der Waals surface area contributed by atoms with E-state index in [0.29, 0.717) is 0 Å². The Morgan fingerprint density at radius 1 is 0.591 bits per heavy atom. The molecule has 0 aromatic heterocycles. The van der Waals surface area contributed by atoms with Crippen LogP contribution in [0.4, 0.5) is 11.4 Å². The maximum Gasteiger partial charge on any atom is 0.0384 e. The van der Waals surface area contributed by atoms with Crippen molar-refractivity contribution in [3.05, 3.63) is 95.6 Å². The number of aryl methyl sites for hydroxylation is 1. The number of hydrogen-bond donors (Lipinski definition) is 1. The standard InChI is InChI=1S/C21H19N/c1-17-7-13-20(14-8-17)22-21-15-11-19(12-16-21)10-9-18-5-3-2-4-6-18/h2-16,22H,1H3. The monoisotopic (exact) mass is 285 g/mol. The van der Waals surface area contributed by atoms with Gasteiger partial charge < -0.3 is 5.32 Å². The highest BCUT2D eigenvalue weighted by molar-refractivity contribution is 5.71. The Hall–Kier alpha value is -2.80. The summed E-state index contributed by atoms with van der Waals surface area (Å²) in [7, 11) is 0. The third kappa shape index (κ3) is 3.86. The lowest BCUT2D eigenvalue weighted by Crippen LogP contribution is -1.89. The number of benzene rings is 3. The van der Waals surface area contributed by atoms with Crippen LogP contribution in [0.15, 0.2) is 78.9 Å². The number of anilines is 2. The molecule has 3 aromatic carbocycles. The predicted molar refractivity (Wildman–Crippen MR) is 96.3 cm³/mol. The summed E-state index contributed by atoms with van der Waals surface area (Å²) < 4.78 is 0. The van der Waals surface area contributed by atoms with Crippen molar-refractivity contribution in [2.75, 3.05) is 5.32 Å². The molecule has 0 heterocycles. The lowest BCUT2D eigenvalue weighted by molar-refractivity contribution is 1.45. The summed E-state index contributed by atoms with van der Waals surface area (Å²) in [6, 6.07) is 27.2. The molecule has 0 saturated heterocycles. The smallest absolute Gasteiger partial charge is 0.0384 e. The molecule has 0 unspecified atom stereocenters. The fraction of sp³-hybridized carbons (Fsp3) is 0.0476. The van der Waals surface area contributed by atoms with Gasteiger partial charge in [0.2, 0.25) is 0 Å². The maximum absolute atomic E-state index is 3.41. The topological polar surface area (TPSA) is 12.0 Å². The zero-order chi connectivity index (χ0) is 15.2. The van der Waals surface area contributed by atoms with Crippen LogP contribution in [0.1, 0.15) is 16.7 Å². The quantitative estimate of drug-likeness (QED) is 0.588. The zero-order valence-electron chi connectivity index (χ0n) is 12.7. The van der Waals surface area contributed by atoms with E-state index in [0.717, 1.165) is 11.4 Å². The lowest BCUT2D eigenvalue weighted by Gasteiger charge is -2.07. The Morgan fingerprint density at radius 2 is 1.09 bits per heavy atom. The summed E-state index contributed by atoms with van der Waals surface area (Å²) in [4.78, 5) is 0. The third-order valence-electron chi connectivity index (χ3n) is 3.52. The summed E-state index contributed by atoms with van der Waals surface area (Å²) in [5.74, 6) is 0. The first-order chi connectivity index (χ1) is 10.8. The van der Waals surface area contributed by atoms with E-state index < -0.39 is 0 Å². The van der Waals surface area contributed by atoms with Gasteiger partial charge in [0.05, 0.1) is 0 Å².